The highest BCUT2D eigenvalue weighted by Crippen LogP contribution is 2.36. The Morgan fingerprint density at radius 2 is 2.19 bits per heavy atom. The Morgan fingerprint density at radius 1 is 1.35 bits per heavy atom. The number of nitrogens with zero attached hydrogens (tertiary/aromatic N) is 2. The first kappa shape index (κ1) is 20.3. The van der Waals surface area contributed by atoms with Gasteiger partial charge in [0.1, 0.15) is 11.5 Å². The van der Waals surface area contributed by atoms with Crippen LogP contribution in [0.25, 0.3) is 10.9 Å². The Morgan fingerprint density at radius 3 is 2.90 bits per heavy atom. The molecule has 1 aromatic carbocycles. The molecule has 2 aliphatic rings. The predicted molar refractivity (Wildman–Crippen MR) is 121 cm³/mol. The lowest BCUT2D eigenvalue weighted by atomic mass is 9.94. The molecule has 164 valence electrons. The summed E-state index contributed by atoms with van der Waals surface area (Å²) in [6.07, 6.45) is 6.39. The molecule has 2 N–H and O–H groups in total. The molecule has 31 heavy (non-hydrogen) atoms. The normalized spacial score (nSPS) is 20.9. The van der Waals surface area contributed by atoms with E-state index in [1.807, 2.05) is 13.0 Å². The van der Waals surface area contributed by atoms with Gasteiger partial charge in [-0.2, -0.15) is 0 Å². The van der Waals surface area contributed by atoms with Gasteiger partial charge in [-0.25, -0.2) is 0 Å². The Kier molecular flexibility index (Phi) is 5.34. The molecule has 1 fully saturated rings. The van der Waals surface area contributed by atoms with Crippen LogP contribution < -0.4 is 10.6 Å². The first-order chi connectivity index (χ1) is 15.0. The monoisotopic (exact) mass is 420 g/mol. The van der Waals surface area contributed by atoms with E-state index in [9.17, 15) is 4.79 Å². The number of hydrogen-bond acceptors (Lipinski definition) is 4. The van der Waals surface area contributed by atoms with Gasteiger partial charge in [0, 0.05) is 35.8 Å². The highest BCUT2D eigenvalue weighted by molar-refractivity contribution is 5.90. The standard InChI is InChI=1S/C25H32N4O2/c1-15(2)9-21-20-5-4-6-23-24(20)18(13-29(23)14-19-10-16(3)31-28-19)11-22(27-21)25(30)26-12-17-7-8-17/h4-6,10,13,15,17,21-22,27H,7-9,11-12,14H2,1-3H3,(H,26,30)/t21-,22-/m0/s1. The SMILES string of the molecule is Cc1cc(Cn2cc3c4c(cccc42)[C@H](CC(C)C)N[C@H](C(=O)NCC2CC2)C3)no1. The number of aryl methyl sites for hydroxylation is 1. The molecule has 6 nitrogen and oxygen atoms in total. The molecular weight excluding hydrogens is 388 g/mol. The van der Waals surface area contributed by atoms with E-state index in [0.717, 1.165) is 24.4 Å². The molecule has 0 spiro atoms. The average Bonchev–Trinajstić information content (AvgIpc) is 3.42. The van der Waals surface area contributed by atoms with Crippen molar-refractivity contribution >= 4 is 16.8 Å². The van der Waals surface area contributed by atoms with Gasteiger partial charge >= 0.3 is 0 Å². The van der Waals surface area contributed by atoms with Gasteiger partial charge in [-0.1, -0.05) is 31.1 Å². The summed E-state index contributed by atoms with van der Waals surface area (Å²) in [6, 6.07) is 8.46. The molecule has 1 aliphatic heterocycles. The molecule has 2 atom stereocenters. The molecule has 1 amide bonds. The molecule has 1 aliphatic carbocycles. The minimum Gasteiger partial charge on any atom is -0.361 e. The van der Waals surface area contributed by atoms with E-state index < -0.39 is 0 Å². The van der Waals surface area contributed by atoms with Gasteiger partial charge in [-0.3, -0.25) is 10.1 Å². The van der Waals surface area contributed by atoms with E-state index in [-0.39, 0.29) is 18.0 Å². The minimum atomic E-state index is -0.219. The summed E-state index contributed by atoms with van der Waals surface area (Å²) < 4.78 is 7.52. The Hall–Kier alpha value is -2.60. The van der Waals surface area contributed by atoms with Crippen LogP contribution in [0, 0.1) is 18.8 Å². The second-order valence-corrected chi connectivity index (χ2v) is 9.75. The molecule has 0 bridgehead atoms. The van der Waals surface area contributed by atoms with Crippen LogP contribution in [0.5, 0.6) is 0 Å². The third-order valence-corrected chi connectivity index (χ3v) is 6.51. The van der Waals surface area contributed by atoms with Gasteiger partial charge in [0.15, 0.2) is 0 Å². The smallest absolute Gasteiger partial charge is 0.237 e. The summed E-state index contributed by atoms with van der Waals surface area (Å²) in [4.78, 5) is 13.1. The summed E-state index contributed by atoms with van der Waals surface area (Å²) >= 11 is 0. The lowest BCUT2D eigenvalue weighted by Crippen LogP contribution is -2.46. The van der Waals surface area contributed by atoms with Gasteiger partial charge in [0.25, 0.3) is 0 Å². The number of nitrogens with one attached hydrogen (secondary N) is 2. The zero-order valence-corrected chi connectivity index (χ0v) is 18.6. The van der Waals surface area contributed by atoms with Crippen molar-refractivity contribution in [3.05, 3.63) is 53.0 Å². The van der Waals surface area contributed by atoms with E-state index in [1.165, 1.54) is 34.9 Å². The third-order valence-electron chi connectivity index (χ3n) is 6.51. The zero-order chi connectivity index (χ0) is 21.5. The lowest BCUT2D eigenvalue weighted by molar-refractivity contribution is -0.123. The van der Waals surface area contributed by atoms with Crippen molar-refractivity contribution in [1.82, 2.24) is 20.4 Å². The van der Waals surface area contributed by atoms with Crippen LogP contribution >= 0.6 is 0 Å². The van der Waals surface area contributed by atoms with Crippen LogP contribution in [0.2, 0.25) is 0 Å². The lowest BCUT2D eigenvalue weighted by Gasteiger charge is -2.25. The number of hydrogen-bond donors (Lipinski definition) is 2. The Bertz CT molecular complexity index is 1090. The number of amides is 1. The molecule has 6 heteroatoms. The summed E-state index contributed by atoms with van der Waals surface area (Å²) in [6.45, 7) is 7.87. The van der Waals surface area contributed by atoms with Crippen molar-refractivity contribution < 1.29 is 9.32 Å². The van der Waals surface area contributed by atoms with Crippen LogP contribution in [0.15, 0.2) is 35.0 Å². The van der Waals surface area contributed by atoms with Crippen molar-refractivity contribution in [2.45, 2.75) is 65.1 Å². The first-order valence-corrected chi connectivity index (χ1v) is 11.5. The summed E-state index contributed by atoms with van der Waals surface area (Å²) in [5.74, 6) is 2.16. The molecule has 3 heterocycles. The van der Waals surface area contributed by atoms with E-state index >= 15 is 0 Å². The van der Waals surface area contributed by atoms with Crippen LogP contribution in [-0.2, 0) is 17.8 Å². The molecule has 1 saturated carbocycles. The van der Waals surface area contributed by atoms with E-state index in [2.05, 4.69) is 58.6 Å². The fourth-order valence-corrected chi connectivity index (χ4v) is 4.85. The van der Waals surface area contributed by atoms with Crippen molar-refractivity contribution in [3.8, 4) is 0 Å². The Balaban J connectivity index is 1.51. The maximum atomic E-state index is 13.1. The number of rotatable bonds is 7. The highest BCUT2D eigenvalue weighted by Gasteiger charge is 2.32. The zero-order valence-electron chi connectivity index (χ0n) is 18.6. The quantitative estimate of drug-likeness (QED) is 0.603. The van der Waals surface area contributed by atoms with Crippen molar-refractivity contribution in [2.75, 3.05) is 6.54 Å². The molecule has 2 aromatic heterocycles. The summed E-state index contributed by atoms with van der Waals surface area (Å²) in [5, 5.41) is 12.4. The second kappa shape index (κ2) is 8.15. The maximum Gasteiger partial charge on any atom is 0.237 e. The Labute approximate surface area is 183 Å². The molecule has 5 rings (SSSR count). The largest absolute Gasteiger partial charge is 0.361 e. The first-order valence-electron chi connectivity index (χ1n) is 11.5. The topological polar surface area (TPSA) is 72.1 Å². The second-order valence-electron chi connectivity index (χ2n) is 9.75. The molecule has 0 unspecified atom stereocenters. The molecule has 0 saturated heterocycles. The molecule has 3 aromatic rings. The van der Waals surface area contributed by atoms with Crippen molar-refractivity contribution in [1.29, 1.82) is 0 Å². The van der Waals surface area contributed by atoms with Gasteiger partial charge in [0.05, 0.1) is 12.6 Å². The number of carbonyl (C=O) groups excluding carboxylic acids is 1. The van der Waals surface area contributed by atoms with Crippen LogP contribution in [0.3, 0.4) is 0 Å². The van der Waals surface area contributed by atoms with Crippen molar-refractivity contribution in [2.24, 2.45) is 11.8 Å². The predicted octanol–water partition coefficient (Wildman–Crippen LogP) is 4.11. The van der Waals surface area contributed by atoms with Gasteiger partial charge in [0.2, 0.25) is 5.91 Å². The minimum absolute atomic E-state index is 0.126. The van der Waals surface area contributed by atoms with Crippen LogP contribution in [0.1, 0.15) is 61.7 Å². The fraction of sp³-hybridized carbons (Fsp3) is 0.520. The van der Waals surface area contributed by atoms with E-state index in [1.54, 1.807) is 0 Å². The van der Waals surface area contributed by atoms with Gasteiger partial charge < -0.3 is 14.4 Å². The maximum absolute atomic E-state index is 13.1. The van der Waals surface area contributed by atoms with E-state index in [4.69, 9.17) is 4.52 Å². The molecular formula is C25H32N4O2. The summed E-state index contributed by atoms with van der Waals surface area (Å²) in [5.41, 5.74) is 4.65. The third kappa shape index (κ3) is 4.26. The number of benzene rings is 1. The van der Waals surface area contributed by atoms with Crippen LogP contribution in [-0.4, -0.2) is 28.2 Å². The number of carbonyl (C=O) groups is 1. The fourth-order valence-electron chi connectivity index (χ4n) is 4.85. The average molecular weight is 421 g/mol. The van der Waals surface area contributed by atoms with Crippen molar-refractivity contribution in [3.63, 3.8) is 0 Å². The van der Waals surface area contributed by atoms with Gasteiger partial charge in [-0.15, -0.1) is 0 Å². The highest BCUT2D eigenvalue weighted by atomic mass is 16.5. The molecule has 0 radical (unpaired) electrons. The van der Waals surface area contributed by atoms with Gasteiger partial charge in [-0.05, 0) is 61.6 Å². The summed E-state index contributed by atoms with van der Waals surface area (Å²) in [7, 11) is 0. The number of aromatic nitrogens is 2. The van der Waals surface area contributed by atoms with Crippen LogP contribution in [0.4, 0.5) is 0 Å². The van der Waals surface area contributed by atoms with E-state index in [0.29, 0.717) is 24.8 Å².